The minimum Gasteiger partial charge on any atom is -0.492 e. The average Bonchev–Trinajstić information content (AvgIpc) is 2.46. The second kappa shape index (κ2) is 7.55. The number of hydrogen-bond acceptors (Lipinski definition) is 3. The topological polar surface area (TPSA) is 64.3 Å². The second-order valence-electron chi connectivity index (χ2n) is 4.54. The van der Waals surface area contributed by atoms with E-state index in [1.807, 2.05) is 30.3 Å². The van der Waals surface area contributed by atoms with E-state index in [1.165, 1.54) is 0 Å². The van der Waals surface area contributed by atoms with E-state index < -0.39 is 0 Å². The van der Waals surface area contributed by atoms with E-state index >= 15 is 0 Å². The van der Waals surface area contributed by atoms with Crippen LogP contribution >= 0.6 is 11.6 Å². The van der Waals surface area contributed by atoms with Gasteiger partial charge in [0.15, 0.2) is 0 Å². The predicted molar refractivity (Wildman–Crippen MR) is 84.5 cm³/mol. The Labute approximate surface area is 128 Å². The number of rotatable bonds is 6. The van der Waals surface area contributed by atoms with E-state index in [1.54, 1.807) is 18.2 Å². The van der Waals surface area contributed by atoms with Gasteiger partial charge in [-0.3, -0.25) is 4.79 Å². The second-order valence-corrected chi connectivity index (χ2v) is 4.95. The van der Waals surface area contributed by atoms with Gasteiger partial charge < -0.3 is 15.8 Å². The number of hydrogen-bond donors (Lipinski definition) is 2. The van der Waals surface area contributed by atoms with Crippen molar-refractivity contribution < 1.29 is 9.53 Å². The molecule has 4 nitrogen and oxygen atoms in total. The number of nitrogens with one attached hydrogen (secondary N) is 1. The van der Waals surface area contributed by atoms with Gasteiger partial charge in [0.2, 0.25) is 5.91 Å². The molecule has 1 amide bonds. The summed E-state index contributed by atoms with van der Waals surface area (Å²) >= 11 is 6.01. The van der Waals surface area contributed by atoms with Crippen LogP contribution in [0.4, 0.5) is 5.69 Å². The minimum absolute atomic E-state index is 0.0840. The van der Waals surface area contributed by atoms with Crippen LogP contribution in [0.25, 0.3) is 0 Å². The summed E-state index contributed by atoms with van der Waals surface area (Å²) in [4.78, 5) is 11.8. The van der Waals surface area contributed by atoms with Crippen molar-refractivity contribution in [2.24, 2.45) is 0 Å². The van der Waals surface area contributed by atoms with Crippen molar-refractivity contribution in [2.75, 3.05) is 18.9 Å². The van der Waals surface area contributed by atoms with E-state index in [2.05, 4.69) is 5.32 Å². The fraction of sp³-hybridized carbons (Fsp3) is 0.188. The summed E-state index contributed by atoms with van der Waals surface area (Å²) in [5.41, 5.74) is 7.11. The van der Waals surface area contributed by atoms with Crippen LogP contribution in [0.1, 0.15) is 5.56 Å². The molecule has 0 heterocycles. The summed E-state index contributed by atoms with van der Waals surface area (Å²) in [5, 5.41) is 3.39. The molecule has 0 unspecified atom stereocenters. The lowest BCUT2D eigenvalue weighted by Gasteiger charge is -2.09. The molecule has 0 aromatic heterocycles. The van der Waals surface area contributed by atoms with Gasteiger partial charge in [0.25, 0.3) is 0 Å². The van der Waals surface area contributed by atoms with Gasteiger partial charge in [-0.2, -0.15) is 0 Å². The Morgan fingerprint density at radius 1 is 1.19 bits per heavy atom. The highest BCUT2D eigenvalue weighted by Crippen LogP contribution is 2.15. The standard InChI is InChI=1S/C16H17ClN2O2/c17-15-7-2-1-4-12(15)10-16(20)19-8-9-21-14-6-3-5-13(18)11-14/h1-7,11H,8-10,18H2,(H,19,20). The normalized spacial score (nSPS) is 10.1. The van der Waals surface area contributed by atoms with Gasteiger partial charge in [-0.05, 0) is 23.8 Å². The number of ether oxygens (including phenoxy) is 1. The summed E-state index contributed by atoms with van der Waals surface area (Å²) < 4.78 is 5.49. The molecule has 0 fully saturated rings. The van der Waals surface area contributed by atoms with Crippen LogP contribution < -0.4 is 15.8 Å². The smallest absolute Gasteiger partial charge is 0.224 e. The molecule has 0 saturated carbocycles. The average molecular weight is 305 g/mol. The first-order valence-electron chi connectivity index (χ1n) is 6.63. The van der Waals surface area contributed by atoms with Gasteiger partial charge in [0.05, 0.1) is 13.0 Å². The van der Waals surface area contributed by atoms with Crippen molar-refractivity contribution in [1.82, 2.24) is 5.32 Å². The molecule has 0 bridgehead atoms. The maximum absolute atomic E-state index is 11.8. The van der Waals surface area contributed by atoms with E-state index in [9.17, 15) is 4.79 Å². The first kappa shape index (κ1) is 15.2. The third kappa shape index (κ3) is 5.00. The van der Waals surface area contributed by atoms with E-state index in [4.69, 9.17) is 22.1 Å². The predicted octanol–water partition coefficient (Wildman–Crippen LogP) is 2.66. The summed E-state index contributed by atoms with van der Waals surface area (Å²) in [7, 11) is 0. The molecule has 2 aromatic rings. The first-order valence-corrected chi connectivity index (χ1v) is 7.01. The maximum atomic E-state index is 11.8. The van der Waals surface area contributed by atoms with Crippen LogP contribution in [0.5, 0.6) is 5.75 Å². The Balaban J connectivity index is 1.71. The molecular weight excluding hydrogens is 288 g/mol. The fourth-order valence-electron chi connectivity index (χ4n) is 1.84. The zero-order valence-electron chi connectivity index (χ0n) is 11.5. The summed E-state index contributed by atoms with van der Waals surface area (Å²) in [6.45, 7) is 0.815. The van der Waals surface area contributed by atoms with Gasteiger partial charge in [-0.15, -0.1) is 0 Å². The molecule has 0 aliphatic carbocycles. The highest BCUT2D eigenvalue weighted by Gasteiger charge is 2.05. The van der Waals surface area contributed by atoms with E-state index in [-0.39, 0.29) is 12.3 Å². The van der Waals surface area contributed by atoms with Gasteiger partial charge >= 0.3 is 0 Å². The molecule has 0 radical (unpaired) electrons. The summed E-state index contributed by atoms with van der Waals surface area (Å²) in [6, 6.07) is 14.5. The minimum atomic E-state index is -0.0840. The van der Waals surface area contributed by atoms with Crippen molar-refractivity contribution in [1.29, 1.82) is 0 Å². The van der Waals surface area contributed by atoms with Crippen molar-refractivity contribution in [3.8, 4) is 5.75 Å². The molecular formula is C16H17ClN2O2. The molecule has 0 atom stereocenters. The highest BCUT2D eigenvalue weighted by molar-refractivity contribution is 6.31. The van der Waals surface area contributed by atoms with Gasteiger partial charge in [-0.1, -0.05) is 35.9 Å². The molecule has 5 heteroatoms. The Kier molecular flexibility index (Phi) is 5.46. The molecule has 110 valence electrons. The van der Waals surface area contributed by atoms with Crippen molar-refractivity contribution >= 4 is 23.2 Å². The molecule has 0 spiro atoms. The number of carbonyl (C=O) groups is 1. The van der Waals surface area contributed by atoms with Gasteiger partial charge in [0.1, 0.15) is 12.4 Å². The SMILES string of the molecule is Nc1cccc(OCCNC(=O)Cc2ccccc2Cl)c1. The van der Waals surface area contributed by atoms with Crippen LogP contribution in [0, 0.1) is 0 Å². The fourth-order valence-corrected chi connectivity index (χ4v) is 2.04. The lowest BCUT2D eigenvalue weighted by Crippen LogP contribution is -2.29. The largest absolute Gasteiger partial charge is 0.492 e. The Morgan fingerprint density at radius 3 is 2.76 bits per heavy atom. The van der Waals surface area contributed by atoms with Gasteiger partial charge in [-0.25, -0.2) is 0 Å². The number of benzene rings is 2. The maximum Gasteiger partial charge on any atom is 0.224 e. The zero-order chi connectivity index (χ0) is 15.1. The van der Waals surface area contributed by atoms with Crippen LogP contribution in [-0.4, -0.2) is 19.1 Å². The van der Waals surface area contributed by atoms with Crippen molar-refractivity contribution in [2.45, 2.75) is 6.42 Å². The van der Waals surface area contributed by atoms with E-state index in [0.717, 1.165) is 5.56 Å². The third-order valence-corrected chi connectivity index (χ3v) is 3.23. The summed E-state index contributed by atoms with van der Waals surface area (Å²) in [5.74, 6) is 0.606. The van der Waals surface area contributed by atoms with E-state index in [0.29, 0.717) is 29.6 Å². The number of amides is 1. The molecule has 0 aliphatic heterocycles. The molecule has 0 saturated heterocycles. The lowest BCUT2D eigenvalue weighted by molar-refractivity contribution is -0.120. The number of nitrogens with two attached hydrogens (primary N) is 1. The Hall–Kier alpha value is -2.20. The monoisotopic (exact) mass is 304 g/mol. The van der Waals surface area contributed by atoms with Crippen LogP contribution in [0.15, 0.2) is 48.5 Å². The summed E-state index contributed by atoms with van der Waals surface area (Å²) in [6.07, 6.45) is 0.262. The Bertz CT molecular complexity index is 617. The van der Waals surface area contributed by atoms with Gasteiger partial charge in [0, 0.05) is 16.8 Å². The highest BCUT2D eigenvalue weighted by atomic mass is 35.5. The van der Waals surface area contributed by atoms with Crippen molar-refractivity contribution in [3.63, 3.8) is 0 Å². The molecule has 2 rings (SSSR count). The van der Waals surface area contributed by atoms with Crippen molar-refractivity contribution in [3.05, 3.63) is 59.1 Å². The number of carbonyl (C=O) groups excluding carboxylic acids is 1. The van der Waals surface area contributed by atoms with Crippen LogP contribution in [0.2, 0.25) is 5.02 Å². The van der Waals surface area contributed by atoms with Crippen LogP contribution in [-0.2, 0) is 11.2 Å². The zero-order valence-corrected chi connectivity index (χ0v) is 12.3. The number of anilines is 1. The number of halogens is 1. The first-order chi connectivity index (χ1) is 10.1. The molecule has 0 aliphatic rings. The Morgan fingerprint density at radius 2 is 2.00 bits per heavy atom. The quantitative estimate of drug-likeness (QED) is 0.637. The third-order valence-electron chi connectivity index (χ3n) is 2.86. The molecule has 3 N–H and O–H groups in total. The molecule has 21 heavy (non-hydrogen) atoms. The van der Waals surface area contributed by atoms with Crippen LogP contribution in [0.3, 0.4) is 0 Å². The number of nitrogen functional groups attached to an aromatic ring is 1. The lowest BCUT2D eigenvalue weighted by atomic mass is 10.1. The molecule has 2 aromatic carbocycles.